The molecule has 2 aliphatic heterocycles. The van der Waals surface area contributed by atoms with Crippen LogP contribution >= 0.6 is 24.0 Å². The van der Waals surface area contributed by atoms with Crippen LogP contribution in [0.2, 0.25) is 0 Å². The number of hydrogen-bond acceptors (Lipinski definition) is 3. The van der Waals surface area contributed by atoms with E-state index in [2.05, 4.69) is 57.8 Å². The summed E-state index contributed by atoms with van der Waals surface area (Å²) < 4.78 is 5.70. The normalized spacial score (nSPS) is 27.1. The molecular weight excluding hydrogens is 487 g/mol. The van der Waals surface area contributed by atoms with E-state index < -0.39 is 0 Å². The molecule has 0 spiro atoms. The van der Waals surface area contributed by atoms with E-state index in [4.69, 9.17) is 4.74 Å². The largest absolute Gasteiger partial charge is 0.381 e. The molecule has 1 aromatic carbocycles. The number of likely N-dealkylation sites (tertiary alicyclic amines) is 1. The van der Waals surface area contributed by atoms with E-state index in [0.29, 0.717) is 6.04 Å². The van der Waals surface area contributed by atoms with Gasteiger partial charge in [0.2, 0.25) is 0 Å². The molecule has 6 heteroatoms. The Kier molecular flexibility index (Phi) is 8.83. The third kappa shape index (κ3) is 5.68. The van der Waals surface area contributed by atoms with Crippen LogP contribution < -0.4 is 10.6 Å². The molecule has 3 unspecified atom stereocenters. The lowest BCUT2D eigenvalue weighted by molar-refractivity contribution is 0.0353. The third-order valence-electron chi connectivity index (χ3n) is 7.34. The summed E-state index contributed by atoms with van der Waals surface area (Å²) >= 11 is 0. The fourth-order valence-electron chi connectivity index (χ4n) is 5.58. The second-order valence-corrected chi connectivity index (χ2v) is 9.28. The van der Waals surface area contributed by atoms with Crippen molar-refractivity contribution in [3.05, 3.63) is 35.9 Å². The number of fused-ring (bicyclic) bond motifs is 1. The van der Waals surface area contributed by atoms with Crippen molar-refractivity contribution in [2.24, 2.45) is 16.8 Å². The van der Waals surface area contributed by atoms with Gasteiger partial charge in [-0.15, -0.1) is 24.0 Å². The number of rotatable bonds is 5. The highest BCUT2D eigenvalue weighted by molar-refractivity contribution is 14.0. The standard InChI is InChI=1S/C24H38N4O.HI/c1-19(20-8-4-3-5-9-20)27-24(12-14-29-15-13-24)18-26-23(25-2)28-16-21-10-6-7-11-22(21)17-28;/h3-5,8-9,19,21-22,27H,6-7,10-18H2,1-2H3,(H,25,26);1H. The average molecular weight is 527 g/mol. The lowest BCUT2D eigenvalue weighted by Gasteiger charge is -2.41. The maximum absolute atomic E-state index is 5.70. The van der Waals surface area contributed by atoms with Gasteiger partial charge in [0.25, 0.3) is 0 Å². The molecule has 2 heterocycles. The molecule has 3 atom stereocenters. The van der Waals surface area contributed by atoms with Crippen LogP contribution in [0, 0.1) is 11.8 Å². The Morgan fingerprint density at radius 1 is 1.13 bits per heavy atom. The summed E-state index contributed by atoms with van der Waals surface area (Å²) in [7, 11) is 1.93. The van der Waals surface area contributed by atoms with Crippen LogP contribution in [0.4, 0.5) is 0 Å². The summed E-state index contributed by atoms with van der Waals surface area (Å²) in [6.45, 7) is 7.16. The van der Waals surface area contributed by atoms with Gasteiger partial charge in [-0.25, -0.2) is 0 Å². The molecule has 1 aliphatic carbocycles. The van der Waals surface area contributed by atoms with Crippen molar-refractivity contribution >= 4 is 29.9 Å². The van der Waals surface area contributed by atoms with Gasteiger partial charge in [0.15, 0.2) is 5.96 Å². The van der Waals surface area contributed by atoms with Gasteiger partial charge in [-0.05, 0) is 50.0 Å². The number of nitrogens with one attached hydrogen (secondary N) is 2. The smallest absolute Gasteiger partial charge is 0.193 e. The predicted molar refractivity (Wildman–Crippen MR) is 135 cm³/mol. The third-order valence-corrected chi connectivity index (χ3v) is 7.34. The number of aliphatic imine (C=N–C) groups is 1. The minimum absolute atomic E-state index is 0. The highest BCUT2D eigenvalue weighted by atomic mass is 127. The lowest BCUT2D eigenvalue weighted by atomic mass is 9.82. The summed E-state index contributed by atoms with van der Waals surface area (Å²) in [5.74, 6) is 2.82. The number of guanidine groups is 1. The maximum Gasteiger partial charge on any atom is 0.193 e. The van der Waals surface area contributed by atoms with E-state index in [-0.39, 0.29) is 29.5 Å². The number of nitrogens with zero attached hydrogens (tertiary/aromatic N) is 2. The van der Waals surface area contributed by atoms with Crippen molar-refractivity contribution in [2.45, 2.75) is 57.0 Å². The first-order valence-corrected chi connectivity index (χ1v) is 11.6. The van der Waals surface area contributed by atoms with E-state index >= 15 is 0 Å². The Morgan fingerprint density at radius 3 is 2.37 bits per heavy atom. The minimum Gasteiger partial charge on any atom is -0.381 e. The first kappa shape index (κ1) is 23.8. The summed E-state index contributed by atoms with van der Waals surface area (Å²) in [6.07, 6.45) is 7.67. The van der Waals surface area contributed by atoms with Crippen molar-refractivity contribution < 1.29 is 4.74 Å². The van der Waals surface area contributed by atoms with Gasteiger partial charge in [-0.1, -0.05) is 43.2 Å². The zero-order valence-corrected chi connectivity index (χ0v) is 20.9. The van der Waals surface area contributed by atoms with Crippen LogP contribution in [-0.4, -0.2) is 56.3 Å². The lowest BCUT2D eigenvalue weighted by Crippen LogP contribution is -2.58. The molecule has 2 N–H and O–H groups in total. The fraction of sp³-hybridized carbons (Fsp3) is 0.708. The molecule has 2 saturated heterocycles. The van der Waals surface area contributed by atoms with E-state index in [1.807, 2.05) is 7.05 Å². The van der Waals surface area contributed by atoms with E-state index in [1.54, 1.807) is 0 Å². The second kappa shape index (κ2) is 11.1. The fourth-order valence-corrected chi connectivity index (χ4v) is 5.58. The van der Waals surface area contributed by atoms with Gasteiger partial charge in [0.1, 0.15) is 0 Å². The van der Waals surface area contributed by atoms with Crippen molar-refractivity contribution in [1.29, 1.82) is 0 Å². The van der Waals surface area contributed by atoms with Crippen molar-refractivity contribution in [3.8, 4) is 0 Å². The van der Waals surface area contributed by atoms with Crippen LogP contribution in [0.1, 0.15) is 57.1 Å². The van der Waals surface area contributed by atoms with Gasteiger partial charge >= 0.3 is 0 Å². The summed E-state index contributed by atoms with van der Waals surface area (Å²) in [6, 6.07) is 11.1. The topological polar surface area (TPSA) is 48.9 Å². The molecule has 168 valence electrons. The van der Waals surface area contributed by atoms with Crippen molar-refractivity contribution in [3.63, 3.8) is 0 Å². The molecule has 3 fully saturated rings. The highest BCUT2D eigenvalue weighted by Crippen LogP contribution is 2.36. The zero-order chi connectivity index (χ0) is 20.1. The van der Waals surface area contributed by atoms with E-state index in [1.165, 1.54) is 44.3 Å². The van der Waals surface area contributed by atoms with Gasteiger partial charge in [-0.2, -0.15) is 0 Å². The Hall–Kier alpha value is -0.860. The van der Waals surface area contributed by atoms with E-state index in [9.17, 15) is 0 Å². The zero-order valence-electron chi connectivity index (χ0n) is 18.6. The van der Waals surface area contributed by atoms with Crippen molar-refractivity contribution in [2.75, 3.05) is 39.9 Å². The van der Waals surface area contributed by atoms with Crippen LogP contribution in [0.25, 0.3) is 0 Å². The van der Waals surface area contributed by atoms with Crippen LogP contribution in [0.3, 0.4) is 0 Å². The summed E-state index contributed by atoms with van der Waals surface area (Å²) in [4.78, 5) is 7.16. The van der Waals surface area contributed by atoms with Crippen LogP contribution in [0.15, 0.2) is 35.3 Å². The molecule has 5 nitrogen and oxygen atoms in total. The number of benzene rings is 1. The molecule has 0 aromatic heterocycles. The average Bonchev–Trinajstić information content (AvgIpc) is 3.19. The molecule has 0 radical (unpaired) electrons. The number of hydrogen-bond donors (Lipinski definition) is 2. The van der Waals surface area contributed by atoms with E-state index in [0.717, 1.165) is 50.4 Å². The molecule has 30 heavy (non-hydrogen) atoms. The molecular formula is C24H39IN4O. The van der Waals surface area contributed by atoms with Crippen molar-refractivity contribution in [1.82, 2.24) is 15.5 Å². The predicted octanol–water partition coefficient (Wildman–Crippen LogP) is 4.20. The second-order valence-electron chi connectivity index (χ2n) is 9.28. The highest BCUT2D eigenvalue weighted by Gasteiger charge is 2.37. The quantitative estimate of drug-likeness (QED) is 0.343. The Morgan fingerprint density at radius 2 is 1.77 bits per heavy atom. The summed E-state index contributed by atoms with van der Waals surface area (Å²) in [5, 5.41) is 7.70. The first-order chi connectivity index (χ1) is 14.2. The SMILES string of the molecule is CN=C(NCC1(NC(C)c2ccccc2)CCOCC1)N1CC2CCCCC2C1.I. The molecule has 3 aliphatic rings. The number of ether oxygens (including phenoxy) is 1. The van der Waals surface area contributed by atoms with Gasteiger partial charge in [0.05, 0.1) is 0 Å². The Labute approximate surface area is 199 Å². The molecule has 0 bridgehead atoms. The van der Waals surface area contributed by atoms with Gasteiger partial charge < -0.3 is 20.3 Å². The Bertz CT molecular complexity index is 663. The summed E-state index contributed by atoms with van der Waals surface area (Å²) in [5.41, 5.74) is 1.38. The minimum atomic E-state index is 0. The van der Waals surface area contributed by atoms with Gasteiger partial charge in [-0.3, -0.25) is 4.99 Å². The Balaban J connectivity index is 0.00000256. The molecule has 1 saturated carbocycles. The van der Waals surface area contributed by atoms with Crippen LogP contribution in [-0.2, 0) is 4.74 Å². The van der Waals surface area contributed by atoms with Gasteiger partial charge in [0, 0.05) is 51.5 Å². The molecule has 4 rings (SSSR count). The molecule has 0 amide bonds. The monoisotopic (exact) mass is 526 g/mol. The molecule has 1 aromatic rings. The first-order valence-electron chi connectivity index (χ1n) is 11.6. The maximum atomic E-state index is 5.70. The number of halogens is 1. The van der Waals surface area contributed by atoms with Crippen LogP contribution in [0.5, 0.6) is 0 Å².